The van der Waals surface area contributed by atoms with E-state index in [1.54, 1.807) is 0 Å². The average molecular weight is 371 g/mol. The van der Waals surface area contributed by atoms with Crippen molar-refractivity contribution in [3.05, 3.63) is 70.8 Å². The van der Waals surface area contributed by atoms with Crippen LogP contribution in [-0.4, -0.2) is 41.5 Å². The first kappa shape index (κ1) is 20.3. The van der Waals surface area contributed by atoms with Gasteiger partial charge in [0.25, 0.3) is 0 Å². The molecule has 2 rings (SSSR count). The van der Waals surface area contributed by atoms with Gasteiger partial charge in [-0.15, -0.1) is 0 Å². The number of hydrogen-bond acceptors (Lipinski definition) is 6. The Morgan fingerprint density at radius 1 is 1.04 bits per heavy atom. The van der Waals surface area contributed by atoms with E-state index in [9.17, 15) is 24.6 Å². The van der Waals surface area contributed by atoms with Crippen molar-refractivity contribution in [1.82, 2.24) is 5.32 Å². The predicted molar refractivity (Wildman–Crippen MR) is 97.4 cm³/mol. The minimum Gasteiger partial charge on any atom is -0.445 e. The molecule has 0 aliphatic carbocycles. The van der Waals surface area contributed by atoms with E-state index in [-0.39, 0.29) is 36.3 Å². The molecule has 27 heavy (non-hydrogen) atoms. The van der Waals surface area contributed by atoms with Crippen LogP contribution in [0.5, 0.6) is 0 Å². The first-order valence-corrected chi connectivity index (χ1v) is 8.39. The highest BCUT2D eigenvalue weighted by Crippen LogP contribution is 2.21. The van der Waals surface area contributed by atoms with Crippen LogP contribution in [0.15, 0.2) is 48.5 Å². The molecule has 0 heterocycles. The molecule has 2 aromatic carbocycles. The highest BCUT2D eigenvalue weighted by molar-refractivity contribution is 5.82. The lowest BCUT2D eigenvalue weighted by Gasteiger charge is -2.19. The van der Waals surface area contributed by atoms with Crippen LogP contribution in [0.25, 0.3) is 0 Å². The van der Waals surface area contributed by atoms with E-state index >= 15 is 0 Å². The fourth-order valence-electron chi connectivity index (χ4n) is 2.49. The van der Waals surface area contributed by atoms with Gasteiger partial charge in [0.15, 0.2) is 0 Å². The quantitative estimate of drug-likeness (QED) is 0.581. The molecule has 0 saturated heterocycles. The molecule has 7 heteroatoms. The van der Waals surface area contributed by atoms with E-state index in [0.717, 1.165) is 5.56 Å². The van der Waals surface area contributed by atoms with Crippen LogP contribution in [0.1, 0.15) is 44.4 Å². The molecule has 0 bridgehead atoms. The number of alkyl carbamates (subject to hydrolysis) is 1. The molecule has 1 amide bonds. The molecule has 2 aromatic rings. The van der Waals surface area contributed by atoms with Gasteiger partial charge in [-0.1, -0.05) is 30.3 Å². The Bertz CT molecular complexity index is 751. The van der Waals surface area contributed by atoms with Crippen molar-refractivity contribution in [2.45, 2.75) is 25.2 Å². The zero-order valence-electron chi connectivity index (χ0n) is 14.6. The van der Waals surface area contributed by atoms with E-state index in [0.29, 0.717) is 12.6 Å². The van der Waals surface area contributed by atoms with Crippen LogP contribution in [0.3, 0.4) is 0 Å². The molecule has 0 aromatic heterocycles. The molecule has 7 nitrogen and oxygen atoms in total. The van der Waals surface area contributed by atoms with Crippen LogP contribution < -0.4 is 5.32 Å². The number of ether oxygens (including phenoxy) is 1. The molecule has 0 aliphatic rings. The third kappa shape index (κ3) is 6.32. The third-order valence-electron chi connectivity index (χ3n) is 3.90. The highest BCUT2D eigenvalue weighted by atomic mass is 16.5. The maximum Gasteiger partial charge on any atom is 0.407 e. The SMILES string of the molecule is O=Cc1cc(C=O)cc(C(O)C(O)CCNC(=O)OCc2ccccc2)c1. The monoisotopic (exact) mass is 371 g/mol. The summed E-state index contributed by atoms with van der Waals surface area (Å²) in [6.45, 7) is 0.213. The number of carbonyl (C=O) groups is 3. The van der Waals surface area contributed by atoms with Gasteiger partial charge in [-0.2, -0.15) is 0 Å². The highest BCUT2D eigenvalue weighted by Gasteiger charge is 2.19. The first-order chi connectivity index (χ1) is 13.0. The Labute approximate surface area is 156 Å². The maximum absolute atomic E-state index is 11.6. The predicted octanol–water partition coefficient (Wildman–Crippen LogP) is 2.02. The molecule has 0 fully saturated rings. The van der Waals surface area contributed by atoms with Crippen LogP contribution >= 0.6 is 0 Å². The topological polar surface area (TPSA) is 113 Å². The molecular weight excluding hydrogens is 350 g/mol. The second kappa shape index (κ2) is 10.2. The largest absolute Gasteiger partial charge is 0.445 e. The summed E-state index contributed by atoms with van der Waals surface area (Å²) in [4.78, 5) is 33.5. The number of carbonyl (C=O) groups excluding carboxylic acids is 3. The Balaban J connectivity index is 1.81. The Hall–Kier alpha value is -3.03. The maximum atomic E-state index is 11.6. The van der Waals surface area contributed by atoms with Crippen LogP contribution in [0, 0.1) is 0 Å². The van der Waals surface area contributed by atoms with Gasteiger partial charge in [-0.25, -0.2) is 4.79 Å². The minimum absolute atomic E-state index is 0.0589. The normalized spacial score (nSPS) is 12.7. The summed E-state index contributed by atoms with van der Waals surface area (Å²) in [7, 11) is 0. The lowest BCUT2D eigenvalue weighted by atomic mass is 9.98. The van der Waals surface area contributed by atoms with Crippen molar-refractivity contribution in [2.24, 2.45) is 0 Å². The molecule has 0 radical (unpaired) electrons. The summed E-state index contributed by atoms with van der Waals surface area (Å²) >= 11 is 0. The number of aldehydes is 2. The van der Waals surface area contributed by atoms with E-state index < -0.39 is 18.3 Å². The fraction of sp³-hybridized carbons (Fsp3) is 0.250. The zero-order valence-corrected chi connectivity index (χ0v) is 14.6. The lowest BCUT2D eigenvalue weighted by Crippen LogP contribution is -2.29. The molecule has 2 unspecified atom stereocenters. The van der Waals surface area contributed by atoms with Crippen molar-refractivity contribution in [3.63, 3.8) is 0 Å². The number of amides is 1. The summed E-state index contributed by atoms with van der Waals surface area (Å²) in [5.41, 5.74) is 1.55. The van der Waals surface area contributed by atoms with Crippen molar-refractivity contribution in [1.29, 1.82) is 0 Å². The second-order valence-corrected chi connectivity index (χ2v) is 5.96. The second-order valence-electron chi connectivity index (χ2n) is 5.96. The van der Waals surface area contributed by atoms with Crippen molar-refractivity contribution < 1.29 is 29.3 Å². The van der Waals surface area contributed by atoms with Crippen molar-refractivity contribution in [2.75, 3.05) is 6.54 Å². The Morgan fingerprint density at radius 2 is 1.67 bits per heavy atom. The fourth-order valence-corrected chi connectivity index (χ4v) is 2.49. The van der Waals surface area contributed by atoms with Gasteiger partial charge in [-0.3, -0.25) is 9.59 Å². The van der Waals surface area contributed by atoms with E-state index in [4.69, 9.17) is 4.74 Å². The Morgan fingerprint density at radius 3 is 2.26 bits per heavy atom. The zero-order chi connectivity index (χ0) is 19.6. The summed E-state index contributed by atoms with van der Waals surface area (Å²) in [5.74, 6) is 0. The van der Waals surface area contributed by atoms with Gasteiger partial charge >= 0.3 is 6.09 Å². The number of hydrogen-bond donors (Lipinski definition) is 3. The van der Waals surface area contributed by atoms with Crippen LogP contribution in [-0.2, 0) is 11.3 Å². The van der Waals surface area contributed by atoms with Gasteiger partial charge in [0.05, 0.1) is 6.10 Å². The van der Waals surface area contributed by atoms with E-state index in [1.165, 1.54) is 18.2 Å². The van der Waals surface area contributed by atoms with Crippen molar-refractivity contribution >= 4 is 18.7 Å². The van der Waals surface area contributed by atoms with Crippen molar-refractivity contribution in [3.8, 4) is 0 Å². The molecule has 142 valence electrons. The molecule has 0 aliphatic heterocycles. The third-order valence-corrected chi connectivity index (χ3v) is 3.90. The van der Waals surface area contributed by atoms with Gasteiger partial charge in [0.1, 0.15) is 25.3 Å². The summed E-state index contributed by atoms with van der Waals surface area (Å²) in [6, 6.07) is 13.4. The average Bonchev–Trinajstić information content (AvgIpc) is 2.71. The van der Waals surface area contributed by atoms with Gasteiger partial charge < -0.3 is 20.3 Å². The van der Waals surface area contributed by atoms with Crippen LogP contribution in [0.4, 0.5) is 4.79 Å². The molecule has 0 saturated carbocycles. The van der Waals surface area contributed by atoms with E-state index in [1.807, 2.05) is 30.3 Å². The summed E-state index contributed by atoms with van der Waals surface area (Å²) in [6.07, 6.45) is -1.96. The minimum atomic E-state index is -1.30. The van der Waals surface area contributed by atoms with E-state index in [2.05, 4.69) is 5.32 Å². The number of rotatable bonds is 9. The Kier molecular flexibility index (Phi) is 7.66. The smallest absolute Gasteiger partial charge is 0.407 e. The van der Waals surface area contributed by atoms with Gasteiger partial charge in [0.2, 0.25) is 0 Å². The standard InChI is InChI=1S/C20H21NO6/c22-11-15-8-16(12-23)10-17(9-15)19(25)18(24)6-7-21-20(26)27-13-14-4-2-1-3-5-14/h1-5,8-12,18-19,24-25H,6-7,13H2,(H,21,26). The molecular formula is C20H21NO6. The van der Waals surface area contributed by atoms with Crippen LogP contribution in [0.2, 0.25) is 0 Å². The first-order valence-electron chi connectivity index (χ1n) is 8.39. The summed E-state index contributed by atoms with van der Waals surface area (Å²) in [5, 5.41) is 22.8. The van der Waals surface area contributed by atoms with Gasteiger partial charge in [0, 0.05) is 17.7 Å². The van der Waals surface area contributed by atoms with Gasteiger partial charge in [-0.05, 0) is 35.7 Å². The molecule has 2 atom stereocenters. The number of benzene rings is 2. The number of aliphatic hydroxyl groups excluding tert-OH is 2. The number of nitrogens with one attached hydrogen (secondary N) is 1. The number of aliphatic hydroxyl groups is 2. The molecule has 3 N–H and O–H groups in total. The summed E-state index contributed by atoms with van der Waals surface area (Å²) < 4.78 is 5.04. The lowest BCUT2D eigenvalue weighted by molar-refractivity contribution is 0.0136. The molecule has 0 spiro atoms.